The average molecular weight is 547 g/mol. The number of halogens is 3. The van der Waals surface area contributed by atoms with E-state index in [0.717, 1.165) is 40.0 Å². The first kappa shape index (κ1) is 26.3. The fourth-order valence-corrected chi connectivity index (χ4v) is 6.35. The number of methoxy groups -OCH3 is 1. The van der Waals surface area contributed by atoms with E-state index in [-0.39, 0.29) is 40.8 Å². The Balaban J connectivity index is 0.000000392. The molecule has 206 valence electrons. The summed E-state index contributed by atoms with van der Waals surface area (Å²) in [5, 5.41) is 60.1. The van der Waals surface area contributed by atoms with Gasteiger partial charge in [-0.25, -0.2) is 0 Å². The van der Waals surface area contributed by atoms with Gasteiger partial charge in [0, 0.05) is 42.0 Å². The second-order valence-corrected chi connectivity index (χ2v) is 9.86. The van der Waals surface area contributed by atoms with Crippen LogP contribution in [0.2, 0.25) is 0 Å². The van der Waals surface area contributed by atoms with Gasteiger partial charge in [0.2, 0.25) is 0 Å². The van der Waals surface area contributed by atoms with Crippen LogP contribution in [0.1, 0.15) is 39.9 Å². The normalized spacial score (nSPS) is 22.3. The summed E-state index contributed by atoms with van der Waals surface area (Å²) in [7, 11) is 1.53. The summed E-state index contributed by atoms with van der Waals surface area (Å²) in [5.41, 5.74) is 5.98. The van der Waals surface area contributed by atoms with E-state index in [1.54, 1.807) is 30.3 Å². The van der Waals surface area contributed by atoms with E-state index in [1.807, 2.05) is 6.07 Å². The minimum Gasteiger partial charge on any atom is -0.542 e. The Morgan fingerprint density at radius 2 is 1.28 bits per heavy atom. The van der Waals surface area contributed by atoms with Crippen LogP contribution in [0.25, 0.3) is 0 Å². The molecule has 0 saturated heterocycles. The van der Waals surface area contributed by atoms with Gasteiger partial charge in [0.15, 0.2) is 34.5 Å². The molecule has 3 atom stereocenters. The van der Waals surface area contributed by atoms with Crippen molar-refractivity contribution >= 4 is 11.7 Å². The van der Waals surface area contributed by atoms with Crippen molar-refractivity contribution in [2.24, 2.45) is 0 Å². The highest BCUT2D eigenvalue weighted by molar-refractivity contribution is 5.71. The number of nitrogens with zero attached hydrogens (tertiary/aromatic N) is 1. The number of hydrogen-bond acceptors (Lipinski definition) is 8. The average Bonchev–Trinajstić information content (AvgIpc) is 3.17. The summed E-state index contributed by atoms with van der Waals surface area (Å²) in [6, 6.07) is 10.2. The summed E-state index contributed by atoms with van der Waals surface area (Å²) < 4.78 is 37.6. The van der Waals surface area contributed by atoms with Crippen LogP contribution in [0.4, 0.5) is 18.9 Å². The summed E-state index contributed by atoms with van der Waals surface area (Å²) in [6.45, 7) is 0.758. The molecular weight excluding hydrogens is 523 g/mol. The molecule has 3 aromatic carbocycles. The number of phenolic OH excluding ortho intramolecular Hbond substituents is 5. The molecular formula is C27H24F3NO8. The van der Waals surface area contributed by atoms with Crippen molar-refractivity contribution in [3.63, 3.8) is 0 Å². The van der Waals surface area contributed by atoms with E-state index < -0.39 is 12.1 Å². The van der Waals surface area contributed by atoms with Crippen LogP contribution >= 0.6 is 0 Å². The Hall–Kier alpha value is -4.32. The second kappa shape index (κ2) is 8.87. The van der Waals surface area contributed by atoms with Gasteiger partial charge in [0.1, 0.15) is 23.7 Å². The predicted octanol–water partition coefficient (Wildman–Crippen LogP) is 2.98. The highest BCUT2D eigenvalue weighted by Gasteiger charge is 2.58. The van der Waals surface area contributed by atoms with Gasteiger partial charge >= 0.3 is 6.18 Å². The number of phenols is 5. The molecule has 0 amide bonds. The number of benzene rings is 3. The number of rotatable bonds is 1. The molecule has 0 unspecified atom stereocenters. The van der Waals surface area contributed by atoms with E-state index in [9.17, 15) is 38.7 Å². The van der Waals surface area contributed by atoms with E-state index in [2.05, 4.69) is 0 Å². The molecule has 3 aromatic rings. The molecule has 39 heavy (non-hydrogen) atoms. The Morgan fingerprint density at radius 1 is 0.821 bits per heavy atom. The highest BCUT2D eigenvalue weighted by Crippen LogP contribution is 2.61. The number of fused-ring (bicyclic) bond motifs is 5. The zero-order valence-corrected chi connectivity index (χ0v) is 20.5. The van der Waals surface area contributed by atoms with Crippen LogP contribution in [-0.2, 0) is 24.1 Å². The van der Waals surface area contributed by atoms with Gasteiger partial charge in [-0.2, -0.15) is 13.2 Å². The highest BCUT2D eigenvalue weighted by atomic mass is 19.4. The van der Waals surface area contributed by atoms with Crippen LogP contribution in [0.3, 0.4) is 0 Å². The number of aliphatic carboxylic acids is 1. The molecule has 9 nitrogen and oxygen atoms in total. The zero-order chi connectivity index (χ0) is 28.4. The van der Waals surface area contributed by atoms with Crippen molar-refractivity contribution in [1.29, 1.82) is 0 Å². The molecule has 5 N–H and O–H groups in total. The lowest BCUT2D eigenvalue weighted by Crippen LogP contribution is -2.58. The van der Waals surface area contributed by atoms with E-state index in [1.165, 1.54) is 7.11 Å². The summed E-state index contributed by atoms with van der Waals surface area (Å²) in [5.74, 6) is -3.07. The lowest BCUT2D eigenvalue weighted by molar-refractivity contribution is -0.344. The predicted molar refractivity (Wildman–Crippen MR) is 129 cm³/mol. The van der Waals surface area contributed by atoms with E-state index in [0.29, 0.717) is 29.5 Å². The van der Waals surface area contributed by atoms with Crippen molar-refractivity contribution in [1.82, 2.24) is 4.48 Å². The number of hydrogen-bond donors (Lipinski definition) is 5. The largest absolute Gasteiger partial charge is 0.542 e. The second-order valence-electron chi connectivity index (χ2n) is 9.86. The van der Waals surface area contributed by atoms with Gasteiger partial charge in [-0.1, -0.05) is 0 Å². The van der Waals surface area contributed by atoms with Crippen molar-refractivity contribution < 1.29 is 53.3 Å². The topological polar surface area (TPSA) is 151 Å². The molecule has 0 bridgehead atoms. The van der Waals surface area contributed by atoms with E-state index >= 15 is 0 Å². The first-order valence-electron chi connectivity index (χ1n) is 11.9. The van der Waals surface area contributed by atoms with E-state index in [4.69, 9.17) is 14.6 Å². The molecule has 1 spiro atoms. The van der Waals surface area contributed by atoms with Crippen LogP contribution in [0.5, 0.6) is 34.5 Å². The van der Waals surface area contributed by atoms with Crippen molar-refractivity contribution in [2.75, 3.05) is 13.7 Å². The Labute approximate surface area is 219 Å². The number of aromatic hydroxyl groups is 5. The first-order valence-corrected chi connectivity index (χ1v) is 11.9. The number of alkyl halides is 3. The molecule has 6 rings (SSSR count). The summed E-state index contributed by atoms with van der Waals surface area (Å²) in [6.07, 6.45) is -3.22. The smallest absolute Gasteiger partial charge is 0.430 e. The minimum absolute atomic E-state index is 0.0270. The van der Waals surface area contributed by atoms with Gasteiger partial charge in [-0.3, -0.25) is 4.48 Å². The molecule has 0 aliphatic carbocycles. The fraction of sp³-hybridized carbons (Fsp3) is 0.296. The molecule has 0 aromatic heterocycles. The fourth-order valence-electron chi connectivity index (χ4n) is 6.35. The van der Waals surface area contributed by atoms with Crippen LogP contribution in [0.15, 0.2) is 36.4 Å². The van der Waals surface area contributed by atoms with Crippen molar-refractivity contribution in [3.05, 3.63) is 64.2 Å². The lowest BCUT2D eigenvalue weighted by atomic mass is 9.78. The number of carbonyl (C=O) groups is 1. The number of carboxylic acids is 1. The molecule has 3 aliphatic heterocycles. The number of ether oxygens (including phenoxy) is 1. The molecule has 0 fully saturated rings. The molecule has 0 saturated carbocycles. The van der Waals surface area contributed by atoms with Crippen LogP contribution in [0, 0.1) is 0 Å². The molecule has 12 heteroatoms. The quantitative estimate of drug-likeness (QED) is 0.231. The summed E-state index contributed by atoms with van der Waals surface area (Å²) >= 11 is 0. The van der Waals surface area contributed by atoms with Gasteiger partial charge < -0.3 is 40.2 Å². The minimum atomic E-state index is -5.19. The van der Waals surface area contributed by atoms with Crippen molar-refractivity contribution in [3.8, 4) is 34.5 Å². The van der Waals surface area contributed by atoms with Gasteiger partial charge in [0.25, 0.3) is 0 Å². The Kier molecular flexibility index (Phi) is 5.98. The maximum absolute atomic E-state index is 10.5. The molecule has 3 aliphatic rings. The zero-order valence-electron chi connectivity index (χ0n) is 20.5. The van der Waals surface area contributed by atoms with Gasteiger partial charge in [-0.15, -0.1) is 0 Å². The third-order valence-corrected chi connectivity index (χ3v) is 7.94. The third-order valence-electron chi connectivity index (χ3n) is 7.94. The SMILES string of the molecule is COc1cc2c(cc1O)C[C@@H]1c3cc(O)c(O)cc3C[C@H]3c4cc(O)c(O)cc4CC[N@@+]213.O=C([O-])C(F)(F)F. The Bertz CT molecular complexity index is 1510. The maximum Gasteiger partial charge on any atom is 0.430 e. The summed E-state index contributed by atoms with van der Waals surface area (Å²) in [4.78, 5) is 8.78. The third kappa shape index (κ3) is 4.02. The van der Waals surface area contributed by atoms with Crippen LogP contribution < -0.4 is 14.3 Å². The standard InChI is InChI=1S/C25H23NO6.C2HF3O2/c1-32-25-11-17-14(8-24(25)31)5-19-16-10-23(30)21(28)7-13(16)4-18-15-9-22(29)20(27)6-12(15)2-3-26(17,18)19;3-2(4,5)1(6)7/h6-11,18-19H,2-5H2,1H3,(H4-,27,28,29,30,31);(H,6,7)/t18-,19+,26-;/m0./s1. The Morgan fingerprint density at radius 3 is 1.82 bits per heavy atom. The monoisotopic (exact) mass is 547 g/mol. The number of quaternary nitrogens is 1. The maximum atomic E-state index is 10.5. The molecule has 3 heterocycles. The molecule has 0 radical (unpaired) electrons. The van der Waals surface area contributed by atoms with Crippen molar-refractivity contribution in [2.45, 2.75) is 37.5 Å². The number of carboxylic acid groups (broad SMARTS) is 1. The lowest BCUT2D eigenvalue weighted by Gasteiger charge is -2.52. The number of carbonyl (C=O) groups excluding carboxylic acids is 1. The first-order chi connectivity index (χ1) is 18.3. The van der Waals surface area contributed by atoms with Gasteiger partial charge in [-0.05, 0) is 41.5 Å². The van der Waals surface area contributed by atoms with Gasteiger partial charge in [0.05, 0.1) is 13.7 Å². The van der Waals surface area contributed by atoms with Crippen LogP contribution in [-0.4, -0.2) is 51.3 Å².